The monoisotopic (exact) mass is 512 g/mol. The molecule has 3 aromatic carbocycles. The lowest BCUT2D eigenvalue weighted by atomic mass is 9.72. The average molecular weight is 513 g/mol. The Kier molecular flexibility index (Phi) is 9.35. The molecule has 1 heterocycles. The number of piperidine rings is 1. The fraction of sp³-hybridized carbons (Fsp3) is 0.394. The Balaban J connectivity index is 1.30. The quantitative estimate of drug-likeness (QED) is 0.309. The molecule has 1 amide bonds. The number of aliphatic carboxylic acids is 1. The van der Waals surface area contributed by atoms with Gasteiger partial charge in [0.05, 0.1) is 6.42 Å². The van der Waals surface area contributed by atoms with Crippen molar-refractivity contribution in [3.8, 4) is 11.1 Å². The van der Waals surface area contributed by atoms with Crippen molar-refractivity contribution in [3.05, 3.63) is 95.6 Å². The molecule has 5 heteroatoms. The number of benzene rings is 3. The largest absolute Gasteiger partial charge is 0.481 e. The summed E-state index contributed by atoms with van der Waals surface area (Å²) in [5.41, 5.74) is 4.72. The zero-order chi connectivity index (χ0) is 27.0. The summed E-state index contributed by atoms with van der Waals surface area (Å²) in [5.74, 6) is -0.750. The molecule has 0 aliphatic carbocycles. The molecule has 0 saturated carbocycles. The van der Waals surface area contributed by atoms with Crippen LogP contribution in [-0.4, -0.2) is 47.6 Å². The number of aryl methyl sites for hydroxylation is 1. The number of carbonyl (C=O) groups is 2. The molecule has 1 aliphatic rings. The minimum Gasteiger partial charge on any atom is -0.481 e. The first-order valence-corrected chi connectivity index (χ1v) is 13.9. The maximum atomic E-state index is 13.2. The molecule has 0 aromatic heterocycles. The van der Waals surface area contributed by atoms with Gasteiger partial charge in [-0.3, -0.25) is 9.59 Å². The molecule has 5 nitrogen and oxygen atoms in total. The number of nitrogens with zero attached hydrogens (tertiary/aromatic N) is 1. The second-order valence-electron chi connectivity index (χ2n) is 10.7. The van der Waals surface area contributed by atoms with E-state index in [9.17, 15) is 14.7 Å². The number of carboxylic acids is 1. The van der Waals surface area contributed by atoms with E-state index < -0.39 is 5.97 Å². The van der Waals surface area contributed by atoms with Crippen LogP contribution in [0.2, 0.25) is 0 Å². The van der Waals surface area contributed by atoms with Gasteiger partial charge in [0.2, 0.25) is 0 Å². The number of rotatable bonds is 11. The van der Waals surface area contributed by atoms with E-state index in [2.05, 4.69) is 60.5 Å². The van der Waals surface area contributed by atoms with Crippen LogP contribution in [0, 0.1) is 6.92 Å². The van der Waals surface area contributed by atoms with E-state index in [1.165, 1.54) is 5.56 Å². The summed E-state index contributed by atoms with van der Waals surface area (Å²) >= 11 is 0. The second kappa shape index (κ2) is 12.9. The first kappa shape index (κ1) is 27.6. The van der Waals surface area contributed by atoms with E-state index in [1.54, 1.807) is 0 Å². The Hall–Kier alpha value is -3.44. The average Bonchev–Trinajstić information content (AvgIpc) is 2.94. The van der Waals surface area contributed by atoms with E-state index in [4.69, 9.17) is 0 Å². The van der Waals surface area contributed by atoms with Crippen molar-refractivity contribution >= 4 is 11.9 Å². The number of likely N-dealkylation sites (tertiary alicyclic amines) is 1. The van der Waals surface area contributed by atoms with Gasteiger partial charge in [-0.2, -0.15) is 0 Å². The molecule has 0 spiro atoms. The first-order chi connectivity index (χ1) is 18.4. The third-order valence-corrected chi connectivity index (χ3v) is 8.14. The van der Waals surface area contributed by atoms with Crippen LogP contribution in [0.25, 0.3) is 11.1 Å². The van der Waals surface area contributed by atoms with Crippen molar-refractivity contribution in [2.24, 2.45) is 0 Å². The number of carboxylic acid groups (broad SMARTS) is 1. The fourth-order valence-electron chi connectivity index (χ4n) is 5.79. The summed E-state index contributed by atoms with van der Waals surface area (Å²) in [4.78, 5) is 27.4. The third kappa shape index (κ3) is 6.90. The maximum absolute atomic E-state index is 13.2. The first-order valence-electron chi connectivity index (χ1n) is 13.9. The molecule has 0 radical (unpaired) electrons. The number of hydrogen-bond acceptors (Lipinski definition) is 3. The van der Waals surface area contributed by atoms with Crippen LogP contribution in [0.5, 0.6) is 0 Å². The fourth-order valence-corrected chi connectivity index (χ4v) is 5.79. The lowest BCUT2D eigenvalue weighted by Gasteiger charge is -2.35. The molecule has 38 heavy (non-hydrogen) atoms. The van der Waals surface area contributed by atoms with Gasteiger partial charge in [0, 0.05) is 30.1 Å². The predicted octanol–water partition coefficient (Wildman–Crippen LogP) is 6.46. The lowest BCUT2D eigenvalue weighted by molar-refractivity contribution is -0.138. The molecule has 1 fully saturated rings. The molecular formula is C33H40N2O3. The van der Waals surface area contributed by atoms with Gasteiger partial charge in [-0.15, -0.1) is 0 Å². The van der Waals surface area contributed by atoms with Crippen LogP contribution < -0.4 is 5.32 Å². The highest BCUT2D eigenvalue weighted by molar-refractivity contribution is 6.01. The molecule has 1 atom stereocenters. The minimum absolute atomic E-state index is 0.0103. The van der Waals surface area contributed by atoms with Gasteiger partial charge >= 0.3 is 5.97 Å². The number of nitrogens with one attached hydrogen (secondary N) is 1. The third-order valence-electron chi connectivity index (χ3n) is 8.14. The molecular weight excluding hydrogens is 472 g/mol. The summed E-state index contributed by atoms with van der Waals surface area (Å²) in [7, 11) is 0. The zero-order valence-corrected chi connectivity index (χ0v) is 22.7. The summed E-state index contributed by atoms with van der Waals surface area (Å²) in [5, 5.41) is 12.9. The number of hydrogen-bond donors (Lipinski definition) is 2. The van der Waals surface area contributed by atoms with Crippen LogP contribution in [0.3, 0.4) is 0 Å². The van der Waals surface area contributed by atoms with Crippen LogP contribution in [-0.2, 0) is 10.2 Å². The normalized spacial score (nSPS) is 16.1. The molecule has 2 N–H and O–H groups in total. The van der Waals surface area contributed by atoms with E-state index in [0.717, 1.165) is 68.4 Å². The zero-order valence-electron chi connectivity index (χ0n) is 22.7. The second-order valence-corrected chi connectivity index (χ2v) is 10.7. The Labute approximate surface area is 226 Å². The van der Waals surface area contributed by atoms with E-state index >= 15 is 0 Å². The lowest BCUT2D eigenvalue weighted by Crippen LogP contribution is -2.45. The van der Waals surface area contributed by atoms with Gasteiger partial charge in [0.25, 0.3) is 5.91 Å². The van der Waals surface area contributed by atoms with Crippen molar-refractivity contribution in [1.82, 2.24) is 10.2 Å². The smallest absolute Gasteiger partial charge is 0.304 e. The van der Waals surface area contributed by atoms with Gasteiger partial charge in [-0.25, -0.2) is 0 Å². The maximum Gasteiger partial charge on any atom is 0.304 e. The molecule has 200 valence electrons. The van der Waals surface area contributed by atoms with E-state index in [0.29, 0.717) is 5.56 Å². The van der Waals surface area contributed by atoms with Gasteiger partial charge in [0.15, 0.2) is 0 Å². The molecule has 1 aliphatic heterocycles. The highest BCUT2D eigenvalue weighted by atomic mass is 16.4. The molecule has 1 unspecified atom stereocenters. The van der Waals surface area contributed by atoms with Crippen LogP contribution in [0.1, 0.15) is 66.9 Å². The van der Waals surface area contributed by atoms with Gasteiger partial charge in [-0.1, -0.05) is 85.3 Å². The highest BCUT2D eigenvalue weighted by Crippen LogP contribution is 2.36. The van der Waals surface area contributed by atoms with E-state index in [1.807, 2.05) is 42.5 Å². The summed E-state index contributed by atoms with van der Waals surface area (Å²) < 4.78 is 0. The summed E-state index contributed by atoms with van der Waals surface area (Å²) in [6, 6.07) is 26.4. The van der Waals surface area contributed by atoms with E-state index in [-0.39, 0.29) is 23.8 Å². The molecule has 3 aromatic rings. The Morgan fingerprint density at radius 2 is 1.61 bits per heavy atom. The van der Waals surface area contributed by atoms with Crippen molar-refractivity contribution in [2.45, 2.75) is 63.8 Å². The minimum atomic E-state index is -0.740. The van der Waals surface area contributed by atoms with Crippen molar-refractivity contribution in [2.75, 3.05) is 19.6 Å². The molecule has 4 rings (SSSR count). The number of amides is 1. The molecule has 1 saturated heterocycles. The van der Waals surface area contributed by atoms with Gasteiger partial charge in [0.1, 0.15) is 0 Å². The molecule has 0 bridgehead atoms. The van der Waals surface area contributed by atoms with Crippen LogP contribution in [0.4, 0.5) is 0 Å². The van der Waals surface area contributed by atoms with Crippen molar-refractivity contribution < 1.29 is 14.7 Å². The number of carbonyl (C=O) groups excluding carboxylic acids is 1. The predicted molar refractivity (Wildman–Crippen MR) is 153 cm³/mol. The SMILES string of the molecule is CCC(CCCN1CCC(NC(=O)c2ccccc2-c2ccc(C)cc2)CC1)(CC(=O)O)c1ccccc1. The highest BCUT2D eigenvalue weighted by Gasteiger charge is 2.33. The van der Waals surface area contributed by atoms with Crippen molar-refractivity contribution in [3.63, 3.8) is 0 Å². The van der Waals surface area contributed by atoms with Crippen LogP contribution in [0.15, 0.2) is 78.9 Å². The summed E-state index contributed by atoms with van der Waals surface area (Å²) in [6.07, 6.45) is 4.62. The topological polar surface area (TPSA) is 69.6 Å². The standard InChI is InChI=1S/C33H40N2O3/c1-3-33(24-31(36)37,27-10-5-4-6-11-27)20-9-21-35-22-18-28(19-23-35)34-32(38)30-13-8-7-12-29(30)26-16-14-25(2)15-17-26/h4-8,10-17,28H,3,9,18-24H2,1-2H3,(H,34,38)(H,36,37). The Bertz CT molecular complexity index is 1200. The van der Waals surface area contributed by atoms with Gasteiger partial charge in [-0.05, 0) is 68.3 Å². The van der Waals surface area contributed by atoms with Crippen molar-refractivity contribution in [1.29, 1.82) is 0 Å². The summed E-state index contributed by atoms with van der Waals surface area (Å²) in [6.45, 7) is 6.99. The Morgan fingerprint density at radius 3 is 2.26 bits per heavy atom. The van der Waals surface area contributed by atoms with Crippen LogP contribution >= 0.6 is 0 Å². The Morgan fingerprint density at radius 1 is 0.947 bits per heavy atom. The van der Waals surface area contributed by atoms with Gasteiger partial charge < -0.3 is 15.3 Å².